The summed E-state index contributed by atoms with van der Waals surface area (Å²) in [5.74, 6) is -1.57. The Bertz CT molecular complexity index is 945. The van der Waals surface area contributed by atoms with Crippen LogP contribution in [0, 0.1) is 11.6 Å². The Morgan fingerprint density at radius 1 is 1.04 bits per heavy atom. The number of benzene rings is 1. The number of carbonyl (C=O) groups excluding carboxylic acids is 1. The van der Waals surface area contributed by atoms with Gasteiger partial charge in [0.1, 0.15) is 23.0 Å². The number of carbonyl (C=O) groups is 1. The Labute approximate surface area is 155 Å². The molecule has 0 atom stereocenters. The van der Waals surface area contributed by atoms with Gasteiger partial charge in [0, 0.05) is 38.9 Å². The predicted octanol–water partition coefficient (Wildman–Crippen LogP) is 2.96. The molecule has 2 amide bonds. The molecule has 6 nitrogen and oxygen atoms in total. The van der Waals surface area contributed by atoms with Crippen LogP contribution in [-0.2, 0) is 6.54 Å². The molecule has 27 heavy (non-hydrogen) atoms. The van der Waals surface area contributed by atoms with E-state index in [4.69, 9.17) is 0 Å². The van der Waals surface area contributed by atoms with Crippen molar-refractivity contribution in [2.75, 3.05) is 31.5 Å². The zero-order valence-corrected chi connectivity index (χ0v) is 14.6. The summed E-state index contributed by atoms with van der Waals surface area (Å²) in [4.78, 5) is 20.5. The van der Waals surface area contributed by atoms with Crippen molar-refractivity contribution in [3.63, 3.8) is 0 Å². The Hall–Kier alpha value is -3.00. The van der Waals surface area contributed by atoms with Crippen LogP contribution < -0.4 is 5.32 Å². The number of pyridine rings is 1. The fraction of sp³-hybridized carbons (Fsp3) is 0.263. The summed E-state index contributed by atoms with van der Waals surface area (Å²) >= 11 is 0. The number of aromatic nitrogens is 2. The van der Waals surface area contributed by atoms with Crippen molar-refractivity contribution in [2.24, 2.45) is 0 Å². The lowest BCUT2D eigenvalue weighted by Crippen LogP contribution is -2.49. The van der Waals surface area contributed by atoms with Crippen LogP contribution in [0.4, 0.5) is 19.3 Å². The maximum Gasteiger partial charge on any atom is 0.322 e. The van der Waals surface area contributed by atoms with E-state index in [0.29, 0.717) is 26.2 Å². The quantitative estimate of drug-likeness (QED) is 0.770. The summed E-state index contributed by atoms with van der Waals surface area (Å²) in [7, 11) is 0. The molecule has 1 aliphatic heterocycles. The standard InChI is InChI=1S/C19H19F2N5O/c20-15-4-3-5-16(21)18(15)23-19(27)25-10-8-24(9-11-25)13-14-12-22-17-6-1-2-7-26(14)17/h1-7,12H,8-11,13H2,(H,23,27). The molecule has 0 radical (unpaired) electrons. The minimum absolute atomic E-state index is 0.407. The first-order valence-corrected chi connectivity index (χ1v) is 8.75. The summed E-state index contributed by atoms with van der Waals surface area (Å²) in [6.45, 7) is 3.04. The molecule has 1 saturated heterocycles. The highest BCUT2D eigenvalue weighted by Crippen LogP contribution is 2.19. The highest BCUT2D eigenvalue weighted by Gasteiger charge is 2.23. The Kier molecular flexibility index (Phi) is 4.72. The van der Waals surface area contributed by atoms with Gasteiger partial charge >= 0.3 is 6.03 Å². The normalized spacial score (nSPS) is 15.3. The largest absolute Gasteiger partial charge is 0.322 e. The lowest BCUT2D eigenvalue weighted by atomic mass is 10.3. The first kappa shape index (κ1) is 17.4. The third-order valence-electron chi connectivity index (χ3n) is 4.73. The van der Waals surface area contributed by atoms with Crippen LogP contribution in [0.1, 0.15) is 5.69 Å². The molecule has 4 rings (SSSR count). The maximum absolute atomic E-state index is 13.7. The van der Waals surface area contributed by atoms with E-state index < -0.39 is 23.4 Å². The molecule has 1 N–H and O–H groups in total. The van der Waals surface area contributed by atoms with Crippen LogP contribution in [-0.4, -0.2) is 51.4 Å². The van der Waals surface area contributed by atoms with Gasteiger partial charge in [0.25, 0.3) is 0 Å². The molecule has 2 aromatic heterocycles. The summed E-state index contributed by atoms with van der Waals surface area (Å²) in [5, 5.41) is 2.34. The average Bonchev–Trinajstić information content (AvgIpc) is 3.08. The third kappa shape index (κ3) is 3.61. The van der Waals surface area contributed by atoms with E-state index in [-0.39, 0.29) is 0 Å². The summed E-state index contributed by atoms with van der Waals surface area (Å²) < 4.78 is 29.4. The molecule has 140 valence electrons. The van der Waals surface area contributed by atoms with Crippen molar-refractivity contribution in [3.8, 4) is 0 Å². The van der Waals surface area contributed by atoms with E-state index in [1.807, 2.05) is 35.0 Å². The molecule has 1 fully saturated rings. The first-order valence-electron chi connectivity index (χ1n) is 8.75. The van der Waals surface area contributed by atoms with E-state index in [0.717, 1.165) is 30.0 Å². The zero-order chi connectivity index (χ0) is 18.8. The first-order chi connectivity index (χ1) is 13.1. The molecule has 1 aromatic carbocycles. The molecule has 0 saturated carbocycles. The molecular formula is C19H19F2N5O. The summed E-state index contributed by atoms with van der Waals surface area (Å²) in [6, 6.07) is 8.87. The van der Waals surface area contributed by atoms with Crippen molar-refractivity contribution in [2.45, 2.75) is 6.54 Å². The SMILES string of the molecule is O=C(Nc1c(F)cccc1F)N1CCN(Cc2cnc3ccccn23)CC1. The number of para-hydroxylation sites is 1. The van der Waals surface area contributed by atoms with Crippen LogP contribution in [0.2, 0.25) is 0 Å². The zero-order valence-electron chi connectivity index (χ0n) is 14.6. The van der Waals surface area contributed by atoms with E-state index >= 15 is 0 Å². The molecule has 3 aromatic rings. The van der Waals surface area contributed by atoms with E-state index in [1.54, 1.807) is 4.90 Å². The third-order valence-corrected chi connectivity index (χ3v) is 4.73. The lowest BCUT2D eigenvalue weighted by molar-refractivity contribution is 0.141. The Morgan fingerprint density at radius 3 is 2.52 bits per heavy atom. The molecule has 3 heterocycles. The number of urea groups is 1. The van der Waals surface area contributed by atoms with Crippen molar-refractivity contribution >= 4 is 17.4 Å². The average molecular weight is 371 g/mol. The fourth-order valence-electron chi connectivity index (χ4n) is 3.24. The maximum atomic E-state index is 13.7. The van der Waals surface area contributed by atoms with Crippen molar-refractivity contribution in [1.82, 2.24) is 19.2 Å². The number of fused-ring (bicyclic) bond motifs is 1. The second-order valence-corrected chi connectivity index (χ2v) is 6.47. The Balaban J connectivity index is 1.35. The van der Waals surface area contributed by atoms with Crippen LogP contribution in [0.15, 0.2) is 48.8 Å². The predicted molar refractivity (Wildman–Crippen MR) is 97.4 cm³/mol. The number of piperazine rings is 1. The van der Waals surface area contributed by atoms with Crippen molar-refractivity contribution < 1.29 is 13.6 Å². The van der Waals surface area contributed by atoms with Crippen LogP contribution in [0.5, 0.6) is 0 Å². The Morgan fingerprint density at radius 2 is 1.78 bits per heavy atom. The van der Waals surface area contributed by atoms with Crippen LogP contribution in [0.25, 0.3) is 5.65 Å². The van der Waals surface area contributed by atoms with Gasteiger partial charge in [-0.1, -0.05) is 12.1 Å². The van der Waals surface area contributed by atoms with Crippen LogP contribution >= 0.6 is 0 Å². The van der Waals surface area contributed by atoms with E-state index in [2.05, 4.69) is 15.2 Å². The number of hydrogen-bond donors (Lipinski definition) is 1. The van der Waals surface area contributed by atoms with Gasteiger partial charge in [-0.2, -0.15) is 0 Å². The highest BCUT2D eigenvalue weighted by atomic mass is 19.1. The molecular weight excluding hydrogens is 352 g/mol. The minimum Gasteiger partial charge on any atom is -0.322 e. The number of rotatable bonds is 3. The minimum atomic E-state index is -0.783. The number of halogens is 2. The highest BCUT2D eigenvalue weighted by molar-refractivity contribution is 5.89. The second-order valence-electron chi connectivity index (χ2n) is 6.47. The number of amides is 2. The van der Waals surface area contributed by atoms with Gasteiger partial charge in [-0.25, -0.2) is 18.6 Å². The number of anilines is 1. The number of nitrogens with one attached hydrogen (secondary N) is 1. The van der Waals surface area contributed by atoms with Gasteiger partial charge in [-0.15, -0.1) is 0 Å². The van der Waals surface area contributed by atoms with Gasteiger partial charge in [0.2, 0.25) is 0 Å². The van der Waals surface area contributed by atoms with Gasteiger partial charge < -0.3 is 14.6 Å². The van der Waals surface area contributed by atoms with Crippen molar-refractivity contribution in [3.05, 3.63) is 66.1 Å². The van der Waals surface area contributed by atoms with Gasteiger partial charge in [-0.3, -0.25) is 4.90 Å². The lowest BCUT2D eigenvalue weighted by Gasteiger charge is -2.34. The summed E-state index contributed by atoms with van der Waals surface area (Å²) in [5.41, 5.74) is 1.57. The number of imidazole rings is 1. The van der Waals surface area contributed by atoms with Crippen molar-refractivity contribution in [1.29, 1.82) is 0 Å². The topological polar surface area (TPSA) is 52.9 Å². The fourth-order valence-corrected chi connectivity index (χ4v) is 3.24. The van der Waals surface area contributed by atoms with Gasteiger partial charge in [0.15, 0.2) is 0 Å². The van der Waals surface area contributed by atoms with Gasteiger partial charge in [0.05, 0.1) is 11.9 Å². The smallest absolute Gasteiger partial charge is 0.322 e. The molecule has 0 unspecified atom stereocenters. The molecule has 0 aliphatic carbocycles. The molecule has 0 bridgehead atoms. The van der Waals surface area contributed by atoms with Gasteiger partial charge in [-0.05, 0) is 24.3 Å². The van der Waals surface area contributed by atoms with E-state index in [9.17, 15) is 13.6 Å². The monoisotopic (exact) mass is 371 g/mol. The summed E-state index contributed by atoms with van der Waals surface area (Å²) in [6.07, 6.45) is 3.83. The second kappa shape index (κ2) is 7.32. The van der Waals surface area contributed by atoms with E-state index in [1.165, 1.54) is 6.07 Å². The molecule has 8 heteroatoms. The number of nitrogens with zero attached hydrogens (tertiary/aromatic N) is 4. The number of hydrogen-bond acceptors (Lipinski definition) is 3. The molecule has 1 aliphatic rings. The molecule has 0 spiro atoms. The van der Waals surface area contributed by atoms with Crippen LogP contribution in [0.3, 0.4) is 0 Å².